The molecular weight excluding hydrogens is 375 g/mol. The number of thiophene rings is 1. The lowest BCUT2D eigenvalue weighted by Gasteiger charge is -2.38. The van der Waals surface area contributed by atoms with Crippen LogP contribution in [0.15, 0.2) is 41.1 Å². The Labute approximate surface area is 160 Å². The maximum absolute atomic E-state index is 12.7. The molecule has 8 heteroatoms. The zero-order chi connectivity index (χ0) is 19.4. The molecule has 1 atom stereocenters. The Morgan fingerprint density at radius 2 is 1.81 bits per heavy atom. The normalized spacial score (nSPS) is 17.6. The summed E-state index contributed by atoms with van der Waals surface area (Å²) in [5.41, 5.74) is 0.621. The largest absolute Gasteiger partial charge is 0.416 e. The summed E-state index contributed by atoms with van der Waals surface area (Å²) in [6, 6.07) is 6.42. The van der Waals surface area contributed by atoms with E-state index in [9.17, 15) is 18.0 Å². The molecule has 1 aromatic heterocycles. The Hall–Kier alpha value is -1.90. The highest BCUT2D eigenvalue weighted by atomic mass is 32.1. The van der Waals surface area contributed by atoms with Crippen LogP contribution in [-0.2, 0) is 6.18 Å². The van der Waals surface area contributed by atoms with Gasteiger partial charge in [-0.1, -0.05) is 0 Å². The number of hydrogen-bond donors (Lipinski definition) is 1. The van der Waals surface area contributed by atoms with E-state index < -0.39 is 11.7 Å². The second-order valence-electron chi connectivity index (χ2n) is 6.70. The third kappa shape index (κ3) is 5.09. The number of carbonyl (C=O) groups is 1. The summed E-state index contributed by atoms with van der Waals surface area (Å²) >= 11 is 1.61. The highest BCUT2D eigenvalue weighted by molar-refractivity contribution is 7.07. The molecule has 1 aliphatic rings. The van der Waals surface area contributed by atoms with Gasteiger partial charge in [-0.05, 0) is 53.7 Å². The molecule has 1 aromatic carbocycles. The van der Waals surface area contributed by atoms with Gasteiger partial charge in [-0.15, -0.1) is 0 Å². The third-order valence-corrected chi connectivity index (χ3v) is 5.54. The van der Waals surface area contributed by atoms with E-state index in [1.54, 1.807) is 11.3 Å². The Morgan fingerprint density at radius 3 is 2.37 bits per heavy atom. The molecule has 0 bridgehead atoms. The van der Waals surface area contributed by atoms with Crippen LogP contribution in [-0.4, -0.2) is 55.5 Å². The Kier molecular flexibility index (Phi) is 6.18. The third-order valence-electron chi connectivity index (χ3n) is 4.84. The van der Waals surface area contributed by atoms with E-state index in [4.69, 9.17) is 0 Å². The average molecular weight is 397 g/mol. The lowest BCUT2D eigenvalue weighted by molar-refractivity contribution is -0.137. The molecule has 1 aliphatic heterocycles. The van der Waals surface area contributed by atoms with E-state index in [1.165, 1.54) is 12.1 Å². The van der Waals surface area contributed by atoms with Gasteiger partial charge >= 0.3 is 6.18 Å². The minimum Gasteiger partial charge on any atom is -0.350 e. The van der Waals surface area contributed by atoms with Gasteiger partial charge in [-0.3, -0.25) is 9.69 Å². The van der Waals surface area contributed by atoms with Crippen LogP contribution in [0.4, 0.5) is 13.2 Å². The highest BCUT2D eigenvalue weighted by Crippen LogP contribution is 2.29. The molecule has 1 unspecified atom stereocenters. The summed E-state index contributed by atoms with van der Waals surface area (Å²) in [4.78, 5) is 17.0. The molecule has 2 heterocycles. The number of carbonyl (C=O) groups excluding carboxylic acids is 1. The van der Waals surface area contributed by atoms with Crippen molar-refractivity contribution in [3.63, 3.8) is 0 Å². The number of likely N-dealkylation sites (N-methyl/N-ethyl adjacent to an activating group) is 1. The van der Waals surface area contributed by atoms with Crippen molar-refractivity contribution in [1.29, 1.82) is 0 Å². The van der Waals surface area contributed by atoms with Gasteiger partial charge in [0.2, 0.25) is 0 Å². The quantitative estimate of drug-likeness (QED) is 0.839. The number of hydrogen-bond acceptors (Lipinski definition) is 4. The molecule has 1 fully saturated rings. The average Bonchev–Trinajstić information content (AvgIpc) is 3.17. The first-order valence-electron chi connectivity index (χ1n) is 8.75. The monoisotopic (exact) mass is 397 g/mol. The number of nitrogens with zero attached hydrogens (tertiary/aromatic N) is 2. The van der Waals surface area contributed by atoms with Crippen LogP contribution in [0.25, 0.3) is 0 Å². The lowest BCUT2D eigenvalue weighted by atomic mass is 10.1. The summed E-state index contributed by atoms with van der Waals surface area (Å²) < 4.78 is 38.0. The van der Waals surface area contributed by atoms with Crippen molar-refractivity contribution in [2.45, 2.75) is 12.2 Å². The molecule has 27 heavy (non-hydrogen) atoms. The number of amides is 1. The van der Waals surface area contributed by atoms with Crippen LogP contribution in [0.1, 0.15) is 27.5 Å². The molecule has 3 rings (SSSR count). The first-order valence-corrected chi connectivity index (χ1v) is 9.69. The van der Waals surface area contributed by atoms with Crippen molar-refractivity contribution >= 4 is 17.2 Å². The van der Waals surface area contributed by atoms with E-state index in [2.05, 4.69) is 33.6 Å². The number of rotatable bonds is 5. The number of nitrogens with one attached hydrogen (secondary N) is 1. The molecule has 0 radical (unpaired) electrons. The molecule has 0 aliphatic carbocycles. The maximum Gasteiger partial charge on any atom is 0.416 e. The SMILES string of the molecule is CN1CCN(C(CNC(=O)c2ccc(C(F)(F)F)cc2)c2ccsc2)CC1. The second kappa shape index (κ2) is 8.41. The van der Waals surface area contributed by atoms with E-state index in [0.29, 0.717) is 6.54 Å². The lowest BCUT2D eigenvalue weighted by Crippen LogP contribution is -2.48. The van der Waals surface area contributed by atoms with Gasteiger partial charge in [0.1, 0.15) is 0 Å². The number of halogens is 3. The topological polar surface area (TPSA) is 35.6 Å². The smallest absolute Gasteiger partial charge is 0.350 e. The molecule has 2 aromatic rings. The van der Waals surface area contributed by atoms with Crippen molar-refractivity contribution in [3.05, 3.63) is 57.8 Å². The zero-order valence-electron chi connectivity index (χ0n) is 15.0. The molecule has 1 amide bonds. The maximum atomic E-state index is 12.7. The van der Waals surface area contributed by atoms with Crippen LogP contribution in [0.2, 0.25) is 0 Å². The van der Waals surface area contributed by atoms with Crippen molar-refractivity contribution in [2.75, 3.05) is 39.8 Å². The van der Waals surface area contributed by atoms with Crippen LogP contribution in [0, 0.1) is 0 Å². The van der Waals surface area contributed by atoms with E-state index in [0.717, 1.165) is 43.9 Å². The second-order valence-corrected chi connectivity index (χ2v) is 7.48. The zero-order valence-corrected chi connectivity index (χ0v) is 15.8. The fraction of sp³-hybridized carbons (Fsp3) is 0.421. The summed E-state index contributed by atoms with van der Waals surface area (Å²) in [6.07, 6.45) is -4.40. The first kappa shape index (κ1) is 19.9. The molecule has 1 N–H and O–H groups in total. The molecular formula is C19H22F3N3OS. The standard InChI is InChI=1S/C19H22F3N3OS/c1-24-7-9-25(10-8-24)17(15-6-11-27-13-15)12-23-18(26)14-2-4-16(5-3-14)19(20,21)22/h2-6,11,13,17H,7-10,12H2,1H3,(H,23,26). The Bertz CT molecular complexity index is 739. The van der Waals surface area contributed by atoms with Gasteiger partial charge in [0.25, 0.3) is 5.91 Å². The van der Waals surface area contributed by atoms with Gasteiger partial charge in [-0.2, -0.15) is 24.5 Å². The van der Waals surface area contributed by atoms with Crippen molar-refractivity contribution in [1.82, 2.24) is 15.1 Å². The predicted molar refractivity (Wildman–Crippen MR) is 99.9 cm³/mol. The van der Waals surface area contributed by atoms with Crippen molar-refractivity contribution in [2.24, 2.45) is 0 Å². The Morgan fingerprint density at radius 1 is 1.15 bits per heavy atom. The van der Waals surface area contributed by atoms with E-state index >= 15 is 0 Å². The van der Waals surface area contributed by atoms with E-state index in [1.807, 2.05) is 5.38 Å². The minimum absolute atomic E-state index is 0.0587. The van der Waals surface area contributed by atoms with Gasteiger partial charge in [0.15, 0.2) is 0 Å². The molecule has 0 spiro atoms. The highest BCUT2D eigenvalue weighted by Gasteiger charge is 2.30. The van der Waals surface area contributed by atoms with Gasteiger partial charge in [-0.25, -0.2) is 0 Å². The van der Waals surface area contributed by atoms with Crippen molar-refractivity contribution < 1.29 is 18.0 Å². The van der Waals surface area contributed by atoms with Crippen LogP contribution < -0.4 is 5.32 Å². The molecule has 4 nitrogen and oxygen atoms in total. The van der Waals surface area contributed by atoms with Gasteiger partial charge in [0.05, 0.1) is 11.6 Å². The van der Waals surface area contributed by atoms with Crippen LogP contribution in [0.5, 0.6) is 0 Å². The summed E-state index contributed by atoms with van der Waals surface area (Å²) in [5.74, 6) is -0.363. The van der Waals surface area contributed by atoms with Gasteiger partial charge < -0.3 is 10.2 Å². The van der Waals surface area contributed by atoms with Crippen molar-refractivity contribution in [3.8, 4) is 0 Å². The fourth-order valence-electron chi connectivity index (χ4n) is 3.16. The summed E-state index contributed by atoms with van der Waals surface area (Å²) in [7, 11) is 2.09. The van der Waals surface area contributed by atoms with Crippen LogP contribution in [0.3, 0.4) is 0 Å². The number of benzene rings is 1. The molecule has 1 saturated heterocycles. The van der Waals surface area contributed by atoms with E-state index in [-0.39, 0.29) is 17.5 Å². The molecule has 0 saturated carbocycles. The number of piperazine rings is 1. The molecule has 146 valence electrons. The summed E-state index contributed by atoms with van der Waals surface area (Å²) in [6.45, 7) is 4.17. The first-order chi connectivity index (χ1) is 12.8. The van der Waals surface area contributed by atoms with Crippen LogP contribution >= 0.6 is 11.3 Å². The summed E-state index contributed by atoms with van der Waals surface area (Å²) in [5, 5.41) is 6.97. The minimum atomic E-state index is -4.40. The Balaban J connectivity index is 1.65. The number of alkyl halides is 3. The van der Waals surface area contributed by atoms with Gasteiger partial charge in [0, 0.05) is 38.3 Å². The fourth-order valence-corrected chi connectivity index (χ4v) is 3.87. The predicted octanol–water partition coefficient (Wildman–Crippen LogP) is 3.49.